The lowest BCUT2D eigenvalue weighted by Crippen LogP contribution is -2.26. The van der Waals surface area contributed by atoms with Gasteiger partial charge in [-0.05, 0) is 44.5 Å². The average Bonchev–Trinajstić information content (AvgIpc) is 2.83. The van der Waals surface area contributed by atoms with Crippen LogP contribution < -0.4 is 10.3 Å². The molecule has 0 saturated carbocycles. The summed E-state index contributed by atoms with van der Waals surface area (Å²) < 4.78 is 7.42. The van der Waals surface area contributed by atoms with Gasteiger partial charge >= 0.3 is 0 Å². The molecule has 0 unspecified atom stereocenters. The van der Waals surface area contributed by atoms with Crippen LogP contribution in [-0.2, 0) is 6.54 Å². The van der Waals surface area contributed by atoms with Crippen LogP contribution in [0, 0.1) is 20.8 Å². The van der Waals surface area contributed by atoms with Crippen LogP contribution in [0.2, 0.25) is 0 Å². The lowest BCUT2D eigenvalue weighted by atomic mass is 10.2. The van der Waals surface area contributed by atoms with Gasteiger partial charge in [0.1, 0.15) is 23.0 Å². The van der Waals surface area contributed by atoms with Crippen LogP contribution in [0.25, 0.3) is 10.2 Å². The number of nitrogens with zero attached hydrogens (tertiary/aromatic N) is 2. The molecule has 5 heteroatoms. The molecule has 0 atom stereocenters. The first-order valence-corrected chi connectivity index (χ1v) is 8.03. The van der Waals surface area contributed by atoms with Gasteiger partial charge in [-0.15, -0.1) is 11.3 Å². The maximum Gasteiger partial charge on any atom is 0.262 e. The topological polar surface area (TPSA) is 44.1 Å². The highest BCUT2D eigenvalue weighted by Crippen LogP contribution is 2.20. The third kappa shape index (κ3) is 2.90. The molecule has 0 aliphatic carbocycles. The van der Waals surface area contributed by atoms with E-state index in [2.05, 4.69) is 4.98 Å². The van der Waals surface area contributed by atoms with Gasteiger partial charge in [0.25, 0.3) is 5.56 Å². The Kier molecular flexibility index (Phi) is 3.98. The number of benzene rings is 1. The number of rotatable bonds is 4. The molecule has 0 aliphatic heterocycles. The van der Waals surface area contributed by atoms with E-state index in [1.807, 2.05) is 51.1 Å². The smallest absolute Gasteiger partial charge is 0.262 e. The van der Waals surface area contributed by atoms with Gasteiger partial charge < -0.3 is 4.74 Å². The SMILES string of the molecule is Cc1cccc(OCCn2c(C)nc3sc(C)cc3c2=O)c1. The highest BCUT2D eigenvalue weighted by atomic mass is 32.1. The van der Waals surface area contributed by atoms with Gasteiger partial charge in [0.15, 0.2) is 0 Å². The van der Waals surface area contributed by atoms with E-state index in [0.29, 0.717) is 18.5 Å². The molecule has 0 radical (unpaired) electrons. The van der Waals surface area contributed by atoms with Crippen molar-refractivity contribution >= 4 is 21.6 Å². The molecule has 3 rings (SSSR count). The second-order valence-electron chi connectivity index (χ2n) is 5.36. The maximum atomic E-state index is 12.5. The molecule has 0 N–H and O–H groups in total. The summed E-state index contributed by atoms with van der Waals surface area (Å²) >= 11 is 1.56. The van der Waals surface area contributed by atoms with E-state index in [1.54, 1.807) is 15.9 Å². The molecule has 2 heterocycles. The van der Waals surface area contributed by atoms with E-state index in [-0.39, 0.29) is 5.56 Å². The summed E-state index contributed by atoms with van der Waals surface area (Å²) in [7, 11) is 0. The predicted molar refractivity (Wildman–Crippen MR) is 90.0 cm³/mol. The number of hydrogen-bond acceptors (Lipinski definition) is 4. The van der Waals surface area contributed by atoms with E-state index in [1.165, 1.54) is 0 Å². The molecule has 22 heavy (non-hydrogen) atoms. The third-order valence-corrected chi connectivity index (χ3v) is 4.48. The maximum absolute atomic E-state index is 12.5. The second kappa shape index (κ2) is 5.93. The van der Waals surface area contributed by atoms with Gasteiger partial charge in [-0.1, -0.05) is 12.1 Å². The highest BCUT2D eigenvalue weighted by molar-refractivity contribution is 7.18. The normalized spacial score (nSPS) is 11.0. The zero-order chi connectivity index (χ0) is 15.7. The lowest BCUT2D eigenvalue weighted by Gasteiger charge is -2.11. The molecule has 114 valence electrons. The minimum absolute atomic E-state index is 0.0136. The van der Waals surface area contributed by atoms with Gasteiger partial charge in [0.2, 0.25) is 0 Å². The van der Waals surface area contributed by atoms with E-state index < -0.39 is 0 Å². The summed E-state index contributed by atoms with van der Waals surface area (Å²) in [6.07, 6.45) is 0. The van der Waals surface area contributed by atoms with Gasteiger partial charge in [-0.3, -0.25) is 9.36 Å². The van der Waals surface area contributed by atoms with Crippen LogP contribution in [0.3, 0.4) is 0 Å². The summed E-state index contributed by atoms with van der Waals surface area (Å²) in [4.78, 5) is 19.0. The minimum Gasteiger partial charge on any atom is -0.492 e. The lowest BCUT2D eigenvalue weighted by molar-refractivity contribution is 0.294. The Balaban J connectivity index is 1.80. The van der Waals surface area contributed by atoms with Gasteiger partial charge in [0, 0.05) is 4.88 Å². The number of thiophene rings is 1. The number of aryl methyl sites for hydroxylation is 3. The van der Waals surface area contributed by atoms with Gasteiger partial charge in [-0.2, -0.15) is 0 Å². The van der Waals surface area contributed by atoms with Gasteiger partial charge in [-0.25, -0.2) is 4.98 Å². The Hall–Kier alpha value is -2.14. The van der Waals surface area contributed by atoms with Crippen molar-refractivity contribution in [2.45, 2.75) is 27.3 Å². The van der Waals surface area contributed by atoms with Crippen LogP contribution in [0.1, 0.15) is 16.3 Å². The molecule has 0 aliphatic rings. The fourth-order valence-electron chi connectivity index (χ4n) is 2.46. The quantitative estimate of drug-likeness (QED) is 0.741. The Morgan fingerprint density at radius 3 is 2.82 bits per heavy atom. The molecule has 0 amide bonds. The van der Waals surface area contributed by atoms with Crippen LogP contribution in [0.4, 0.5) is 0 Å². The Morgan fingerprint density at radius 2 is 2.05 bits per heavy atom. The first-order chi connectivity index (χ1) is 10.5. The molecular weight excluding hydrogens is 296 g/mol. The largest absolute Gasteiger partial charge is 0.492 e. The Labute approximate surface area is 133 Å². The van der Waals surface area contributed by atoms with Crippen molar-refractivity contribution in [2.75, 3.05) is 6.61 Å². The summed E-state index contributed by atoms with van der Waals surface area (Å²) in [6, 6.07) is 9.81. The highest BCUT2D eigenvalue weighted by Gasteiger charge is 2.10. The van der Waals surface area contributed by atoms with Crippen molar-refractivity contribution in [1.82, 2.24) is 9.55 Å². The number of fused-ring (bicyclic) bond motifs is 1. The molecule has 1 aromatic carbocycles. The summed E-state index contributed by atoms with van der Waals surface area (Å²) in [5, 5.41) is 0.698. The van der Waals surface area contributed by atoms with E-state index in [0.717, 1.165) is 26.8 Å². The number of ether oxygens (including phenoxy) is 1. The van der Waals surface area contributed by atoms with Crippen LogP contribution >= 0.6 is 11.3 Å². The monoisotopic (exact) mass is 314 g/mol. The minimum atomic E-state index is 0.0136. The molecular formula is C17H18N2O2S. The van der Waals surface area contributed by atoms with Crippen molar-refractivity contribution in [1.29, 1.82) is 0 Å². The zero-order valence-corrected chi connectivity index (χ0v) is 13.7. The fraction of sp³-hybridized carbons (Fsp3) is 0.294. The van der Waals surface area contributed by atoms with Crippen LogP contribution in [0.5, 0.6) is 5.75 Å². The fourth-order valence-corrected chi connectivity index (χ4v) is 3.38. The summed E-state index contributed by atoms with van der Waals surface area (Å²) in [5.41, 5.74) is 1.17. The van der Waals surface area contributed by atoms with E-state index in [9.17, 15) is 4.79 Å². The van der Waals surface area contributed by atoms with Crippen LogP contribution in [0.15, 0.2) is 35.1 Å². The third-order valence-electron chi connectivity index (χ3n) is 3.54. The second-order valence-corrected chi connectivity index (χ2v) is 6.59. The standard InChI is InChI=1S/C17H18N2O2S/c1-11-5-4-6-14(9-11)21-8-7-19-13(3)18-16-15(17(19)20)10-12(2)22-16/h4-6,9-10H,7-8H2,1-3H3. The van der Waals surface area contributed by atoms with Crippen molar-refractivity contribution in [3.63, 3.8) is 0 Å². The number of hydrogen-bond donors (Lipinski definition) is 0. The Morgan fingerprint density at radius 1 is 1.23 bits per heavy atom. The summed E-state index contributed by atoms with van der Waals surface area (Å²) in [6.45, 7) is 6.82. The molecule has 0 fully saturated rings. The summed E-state index contributed by atoms with van der Waals surface area (Å²) in [5.74, 6) is 1.55. The molecule has 2 aromatic heterocycles. The number of aromatic nitrogens is 2. The molecule has 0 bridgehead atoms. The molecule has 0 saturated heterocycles. The van der Waals surface area contributed by atoms with Crippen molar-refractivity contribution in [2.24, 2.45) is 0 Å². The average molecular weight is 314 g/mol. The van der Waals surface area contributed by atoms with Gasteiger partial charge in [0.05, 0.1) is 11.9 Å². The van der Waals surface area contributed by atoms with Crippen LogP contribution in [-0.4, -0.2) is 16.2 Å². The molecule has 0 spiro atoms. The first kappa shape index (κ1) is 14.8. The molecule has 4 nitrogen and oxygen atoms in total. The van der Waals surface area contributed by atoms with Crippen molar-refractivity contribution in [3.8, 4) is 5.75 Å². The van der Waals surface area contributed by atoms with Crippen molar-refractivity contribution < 1.29 is 4.74 Å². The molecule has 3 aromatic rings. The van der Waals surface area contributed by atoms with Crippen molar-refractivity contribution in [3.05, 3.63) is 57.0 Å². The van der Waals surface area contributed by atoms with E-state index in [4.69, 9.17) is 4.74 Å². The van der Waals surface area contributed by atoms with E-state index >= 15 is 0 Å². The zero-order valence-electron chi connectivity index (χ0n) is 12.9. The first-order valence-electron chi connectivity index (χ1n) is 7.21. The Bertz CT molecular complexity index is 880. The predicted octanol–water partition coefficient (Wildman–Crippen LogP) is 3.46.